The SMILES string of the molecule is Cc1cncc2c(NCCCN3CCCCC3)cc(-c3ccc(C(=O)NC4CCN(C)CC4)cc3)nc12. The van der Waals surface area contributed by atoms with Crippen molar-refractivity contribution in [1.29, 1.82) is 0 Å². The van der Waals surface area contributed by atoms with E-state index in [1.807, 2.05) is 36.7 Å². The van der Waals surface area contributed by atoms with E-state index in [1.165, 1.54) is 32.4 Å². The number of hydrogen-bond acceptors (Lipinski definition) is 6. The molecule has 2 N–H and O–H groups in total. The second kappa shape index (κ2) is 12.0. The van der Waals surface area contributed by atoms with E-state index in [0.717, 1.165) is 78.9 Å². The number of fused-ring (bicyclic) bond motifs is 1. The fraction of sp³-hybridized carbons (Fsp3) is 0.500. The lowest BCUT2D eigenvalue weighted by atomic mass is 10.0. The number of aryl methyl sites for hydroxylation is 1. The molecule has 2 aliphatic heterocycles. The van der Waals surface area contributed by atoms with Gasteiger partial charge in [0.15, 0.2) is 0 Å². The summed E-state index contributed by atoms with van der Waals surface area (Å²) in [7, 11) is 2.13. The molecule has 1 amide bonds. The standard InChI is InChI=1S/C30H40N6O/c1-22-20-31-21-26-28(32-13-6-16-36-14-4-3-5-15-36)19-27(34-29(22)26)23-7-9-24(10-8-23)30(37)33-25-11-17-35(2)18-12-25/h7-10,19-21,25H,3-6,11-18H2,1-2H3,(H,32,34)(H,33,37). The molecule has 2 aliphatic rings. The van der Waals surface area contributed by atoms with Gasteiger partial charge < -0.3 is 20.4 Å². The van der Waals surface area contributed by atoms with Gasteiger partial charge in [-0.15, -0.1) is 0 Å². The summed E-state index contributed by atoms with van der Waals surface area (Å²) in [4.78, 5) is 27.1. The average molecular weight is 501 g/mol. The van der Waals surface area contributed by atoms with Crippen LogP contribution in [0.5, 0.6) is 0 Å². The third kappa shape index (κ3) is 6.46. The van der Waals surface area contributed by atoms with Crippen LogP contribution < -0.4 is 10.6 Å². The van der Waals surface area contributed by atoms with Gasteiger partial charge in [-0.3, -0.25) is 9.78 Å². The van der Waals surface area contributed by atoms with Gasteiger partial charge in [0, 0.05) is 47.2 Å². The highest BCUT2D eigenvalue weighted by atomic mass is 16.1. The van der Waals surface area contributed by atoms with Crippen molar-refractivity contribution >= 4 is 22.5 Å². The second-order valence-corrected chi connectivity index (χ2v) is 10.7. The highest BCUT2D eigenvalue weighted by Crippen LogP contribution is 2.29. The Kier molecular flexibility index (Phi) is 8.31. The number of rotatable bonds is 8. The Morgan fingerprint density at radius 1 is 1.03 bits per heavy atom. The van der Waals surface area contributed by atoms with Crippen LogP contribution in [0.25, 0.3) is 22.2 Å². The zero-order valence-electron chi connectivity index (χ0n) is 22.3. The summed E-state index contributed by atoms with van der Waals surface area (Å²) in [6.07, 6.45) is 10.9. The van der Waals surface area contributed by atoms with E-state index in [0.29, 0.717) is 5.56 Å². The first-order valence-electron chi connectivity index (χ1n) is 13.9. The van der Waals surface area contributed by atoms with Gasteiger partial charge in [-0.05, 0) is 103 Å². The van der Waals surface area contributed by atoms with E-state index < -0.39 is 0 Å². The van der Waals surface area contributed by atoms with Gasteiger partial charge in [-0.1, -0.05) is 18.6 Å². The molecular weight excluding hydrogens is 460 g/mol. The van der Waals surface area contributed by atoms with E-state index in [-0.39, 0.29) is 11.9 Å². The van der Waals surface area contributed by atoms with Gasteiger partial charge in [0.1, 0.15) is 0 Å². The van der Waals surface area contributed by atoms with E-state index in [1.54, 1.807) is 0 Å². The number of likely N-dealkylation sites (tertiary alicyclic amines) is 2. The van der Waals surface area contributed by atoms with Crippen LogP contribution in [0.3, 0.4) is 0 Å². The zero-order valence-corrected chi connectivity index (χ0v) is 22.3. The van der Waals surface area contributed by atoms with Crippen molar-refractivity contribution in [3.05, 3.63) is 53.9 Å². The summed E-state index contributed by atoms with van der Waals surface area (Å²) >= 11 is 0. The van der Waals surface area contributed by atoms with Crippen LogP contribution in [0.1, 0.15) is 54.4 Å². The first-order valence-corrected chi connectivity index (χ1v) is 13.9. The minimum absolute atomic E-state index is 0.00514. The van der Waals surface area contributed by atoms with E-state index >= 15 is 0 Å². The Hall–Kier alpha value is -3.03. The van der Waals surface area contributed by atoms with Crippen LogP contribution in [0.15, 0.2) is 42.7 Å². The summed E-state index contributed by atoms with van der Waals surface area (Å²) in [5, 5.41) is 7.93. The van der Waals surface area contributed by atoms with Crippen molar-refractivity contribution in [1.82, 2.24) is 25.1 Å². The van der Waals surface area contributed by atoms with Crippen molar-refractivity contribution in [2.75, 3.05) is 51.6 Å². The lowest BCUT2D eigenvalue weighted by Gasteiger charge is -2.29. The molecule has 37 heavy (non-hydrogen) atoms. The number of carbonyl (C=O) groups is 1. The number of hydrogen-bond donors (Lipinski definition) is 2. The van der Waals surface area contributed by atoms with Crippen LogP contribution >= 0.6 is 0 Å². The Bertz CT molecular complexity index is 1200. The largest absolute Gasteiger partial charge is 0.384 e. The Morgan fingerprint density at radius 2 is 1.78 bits per heavy atom. The second-order valence-electron chi connectivity index (χ2n) is 10.7. The number of nitrogens with zero attached hydrogens (tertiary/aromatic N) is 4. The molecule has 0 radical (unpaired) electrons. The normalized spacial score (nSPS) is 17.7. The third-order valence-corrected chi connectivity index (χ3v) is 7.82. The highest BCUT2D eigenvalue weighted by molar-refractivity contribution is 5.96. The average Bonchev–Trinajstić information content (AvgIpc) is 2.93. The zero-order chi connectivity index (χ0) is 25.6. The lowest BCUT2D eigenvalue weighted by Crippen LogP contribution is -2.43. The molecule has 0 atom stereocenters. The van der Waals surface area contributed by atoms with Crippen molar-refractivity contribution < 1.29 is 4.79 Å². The molecule has 0 bridgehead atoms. The number of anilines is 1. The molecule has 5 rings (SSSR count). The molecule has 0 unspecified atom stereocenters. The quantitative estimate of drug-likeness (QED) is 0.436. The molecule has 7 nitrogen and oxygen atoms in total. The number of aromatic nitrogens is 2. The smallest absolute Gasteiger partial charge is 0.251 e. The molecular formula is C30H40N6O. The molecule has 1 aromatic carbocycles. The fourth-order valence-corrected chi connectivity index (χ4v) is 5.49. The van der Waals surface area contributed by atoms with Gasteiger partial charge >= 0.3 is 0 Å². The molecule has 4 heterocycles. The maximum absolute atomic E-state index is 12.8. The predicted molar refractivity (Wildman–Crippen MR) is 151 cm³/mol. The van der Waals surface area contributed by atoms with Crippen LogP contribution in [-0.4, -0.2) is 78.0 Å². The lowest BCUT2D eigenvalue weighted by molar-refractivity contribution is 0.0917. The van der Waals surface area contributed by atoms with Crippen LogP contribution in [0, 0.1) is 6.92 Å². The predicted octanol–water partition coefficient (Wildman–Crippen LogP) is 4.72. The van der Waals surface area contributed by atoms with E-state index in [2.05, 4.69) is 45.5 Å². The van der Waals surface area contributed by atoms with Crippen LogP contribution in [-0.2, 0) is 0 Å². The number of pyridine rings is 2. The molecule has 2 fully saturated rings. The first kappa shape index (κ1) is 25.6. The summed E-state index contributed by atoms with van der Waals surface area (Å²) in [6, 6.07) is 10.2. The molecule has 3 aromatic rings. The van der Waals surface area contributed by atoms with Crippen LogP contribution in [0.4, 0.5) is 5.69 Å². The van der Waals surface area contributed by atoms with Crippen molar-refractivity contribution in [3.8, 4) is 11.3 Å². The van der Waals surface area contributed by atoms with Crippen LogP contribution in [0.2, 0.25) is 0 Å². The Morgan fingerprint density at radius 3 is 2.54 bits per heavy atom. The number of piperidine rings is 2. The summed E-state index contributed by atoms with van der Waals surface area (Å²) in [5.74, 6) is 0.00514. The highest BCUT2D eigenvalue weighted by Gasteiger charge is 2.19. The third-order valence-electron chi connectivity index (χ3n) is 7.82. The van der Waals surface area contributed by atoms with E-state index in [9.17, 15) is 4.79 Å². The number of benzene rings is 1. The number of nitrogens with one attached hydrogen (secondary N) is 2. The molecule has 0 aliphatic carbocycles. The monoisotopic (exact) mass is 500 g/mol. The van der Waals surface area contributed by atoms with Crippen molar-refractivity contribution in [2.45, 2.75) is 51.5 Å². The van der Waals surface area contributed by atoms with Gasteiger partial charge in [0.25, 0.3) is 5.91 Å². The maximum atomic E-state index is 12.8. The molecule has 2 aromatic heterocycles. The van der Waals surface area contributed by atoms with Crippen molar-refractivity contribution in [2.24, 2.45) is 0 Å². The summed E-state index contributed by atoms with van der Waals surface area (Å²) < 4.78 is 0. The van der Waals surface area contributed by atoms with Gasteiger partial charge in [0.05, 0.1) is 11.2 Å². The Balaban J connectivity index is 1.29. The number of amides is 1. The van der Waals surface area contributed by atoms with Gasteiger partial charge in [-0.25, -0.2) is 4.98 Å². The first-order chi connectivity index (χ1) is 18.1. The molecule has 0 saturated carbocycles. The fourth-order valence-electron chi connectivity index (χ4n) is 5.49. The minimum atomic E-state index is 0.00514. The maximum Gasteiger partial charge on any atom is 0.251 e. The molecule has 7 heteroatoms. The van der Waals surface area contributed by atoms with E-state index in [4.69, 9.17) is 4.98 Å². The van der Waals surface area contributed by atoms with Gasteiger partial charge in [0.2, 0.25) is 0 Å². The summed E-state index contributed by atoms with van der Waals surface area (Å²) in [6.45, 7) is 8.64. The van der Waals surface area contributed by atoms with Gasteiger partial charge in [-0.2, -0.15) is 0 Å². The van der Waals surface area contributed by atoms with Crippen molar-refractivity contribution in [3.63, 3.8) is 0 Å². The molecule has 2 saturated heterocycles. The minimum Gasteiger partial charge on any atom is -0.384 e. The number of carbonyl (C=O) groups excluding carboxylic acids is 1. The topological polar surface area (TPSA) is 73.4 Å². The molecule has 0 spiro atoms. The summed E-state index contributed by atoms with van der Waals surface area (Å²) in [5.41, 5.74) is 5.70. The molecule has 196 valence electrons. The Labute approximate surface area is 220 Å².